The molecule has 1 rings (SSSR count). The summed E-state index contributed by atoms with van der Waals surface area (Å²) >= 11 is 0. The zero-order chi connectivity index (χ0) is 11.4. The molecule has 0 spiro atoms. The smallest absolute Gasteiger partial charge is 0.140 e. The highest BCUT2D eigenvalue weighted by Gasteiger charge is 2.21. The summed E-state index contributed by atoms with van der Waals surface area (Å²) in [5.74, 6) is -0.391. The largest absolute Gasteiger partial charge is 0.496 e. The van der Waals surface area contributed by atoms with Crippen LogP contribution in [0.25, 0.3) is 0 Å². The van der Waals surface area contributed by atoms with Gasteiger partial charge < -0.3 is 4.74 Å². The van der Waals surface area contributed by atoms with Gasteiger partial charge in [0.05, 0.1) is 7.11 Å². The van der Waals surface area contributed by atoms with Crippen LogP contribution in [0.5, 0.6) is 5.75 Å². The average Bonchev–Trinajstić information content (AvgIpc) is 2.26. The first-order chi connectivity index (χ1) is 7.11. The molecule has 0 saturated heterocycles. The van der Waals surface area contributed by atoms with Crippen LogP contribution in [0, 0.1) is 5.82 Å². The molecule has 0 aromatic heterocycles. The van der Waals surface area contributed by atoms with Crippen LogP contribution < -0.4 is 4.74 Å². The molecule has 1 atom stereocenters. The number of carbonyl (C=O) groups is 1. The predicted octanol–water partition coefficient (Wildman–Crippen LogP) is 2.92. The predicted molar refractivity (Wildman–Crippen MR) is 56.7 cm³/mol. The van der Waals surface area contributed by atoms with Gasteiger partial charge in [-0.2, -0.15) is 0 Å². The number of methoxy groups -OCH3 is 1. The topological polar surface area (TPSA) is 26.3 Å². The van der Waals surface area contributed by atoms with Crippen LogP contribution in [-0.2, 0) is 4.79 Å². The second-order valence-electron chi connectivity index (χ2n) is 3.40. The molecule has 1 unspecified atom stereocenters. The van der Waals surface area contributed by atoms with Gasteiger partial charge in [0.1, 0.15) is 17.3 Å². The third-order valence-corrected chi connectivity index (χ3v) is 2.50. The fourth-order valence-corrected chi connectivity index (χ4v) is 1.58. The van der Waals surface area contributed by atoms with Crippen molar-refractivity contribution in [3.8, 4) is 5.75 Å². The van der Waals surface area contributed by atoms with Gasteiger partial charge in [0.2, 0.25) is 0 Å². The molecule has 0 radical (unpaired) electrons. The number of hydrogen-bond donors (Lipinski definition) is 0. The minimum Gasteiger partial charge on any atom is -0.496 e. The second-order valence-corrected chi connectivity index (χ2v) is 3.40. The molecule has 0 heterocycles. The highest BCUT2D eigenvalue weighted by atomic mass is 19.1. The molecule has 0 aliphatic carbocycles. The maximum atomic E-state index is 13.6. The molecule has 0 N–H and O–H groups in total. The van der Waals surface area contributed by atoms with Crippen molar-refractivity contribution < 1.29 is 13.9 Å². The maximum absolute atomic E-state index is 13.6. The highest BCUT2D eigenvalue weighted by Crippen LogP contribution is 2.30. The molecule has 0 amide bonds. The zero-order valence-electron chi connectivity index (χ0n) is 9.21. The Kier molecular flexibility index (Phi) is 3.83. The van der Waals surface area contributed by atoms with Crippen molar-refractivity contribution in [1.82, 2.24) is 0 Å². The summed E-state index contributed by atoms with van der Waals surface area (Å²) < 4.78 is 18.6. The summed E-state index contributed by atoms with van der Waals surface area (Å²) in [6, 6.07) is 4.58. The van der Waals surface area contributed by atoms with Crippen molar-refractivity contribution in [1.29, 1.82) is 0 Å². The summed E-state index contributed by atoms with van der Waals surface area (Å²) in [7, 11) is 1.47. The molecule has 2 nitrogen and oxygen atoms in total. The fourth-order valence-electron chi connectivity index (χ4n) is 1.58. The first kappa shape index (κ1) is 11.7. The van der Waals surface area contributed by atoms with Crippen molar-refractivity contribution in [2.75, 3.05) is 7.11 Å². The molecule has 3 heteroatoms. The van der Waals surface area contributed by atoms with Gasteiger partial charge in [0, 0.05) is 17.9 Å². The lowest BCUT2D eigenvalue weighted by Crippen LogP contribution is -2.10. The summed E-state index contributed by atoms with van der Waals surface area (Å²) in [5, 5.41) is 0. The zero-order valence-corrected chi connectivity index (χ0v) is 9.21. The summed E-state index contributed by atoms with van der Waals surface area (Å²) in [5.41, 5.74) is 0.354. The van der Waals surface area contributed by atoms with Gasteiger partial charge in [-0.3, -0.25) is 4.79 Å². The van der Waals surface area contributed by atoms with Crippen LogP contribution in [0.15, 0.2) is 18.2 Å². The third-order valence-electron chi connectivity index (χ3n) is 2.50. The lowest BCUT2D eigenvalue weighted by Gasteiger charge is -2.14. The standard InChI is InChI=1S/C12H15FO2/c1-4-10(14)8(2)12-9(13)6-5-7-11(12)15-3/h5-8H,4H2,1-3H3. The van der Waals surface area contributed by atoms with Crippen molar-refractivity contribution in [3.63, 3.8) is 0 Å². The molecule has 0 aliphatic heterocycles. The van der Waals surface area contributed by atoms with Gasteiger partial charge in [-0.1, -0.05) is 19.9 Å². The Morgan fingerprint density at radius 3 is 2.73 bits per heavy atom. The van der Waals surface area contributed by atoms with Gasteiger partial charge >= 0.3 is 0 Å². The second kappa shape index (κ2) is 4.91. The van der Waals surface area contributed by atoms with Crippen molar-refractivity contribution in [2.45, 2.75) is 26.2 Å². The fraction of sp³-hybridized carbons (Fsp3) is 0.417. The van der Waals surface area contributed by atoms with Crippen LogP contribution in [0.3, 0.4) is 0 Å². The van der Waals surface area contributed by atoms with E-state index in [4.69, 9.17) is 4.74 Å². The van der Waals surface area contributed by atoms with Gasteiger partial charge in [0.25, 0.3) is 0 Å². The Morgan fingerprint density at radius 1 is 1.53 bits per heavy atom. The van der Waals surface area contributed by atoms with Gasteiger partial charge in [-0.15, -0.1) is 0 Å². The Hall–Kier alpha value is -1.38. The van der Waals surface area contributed by atoms with E-state index in [0.717, 1.165) is 0 Å². The van der Waals surface area contributed by atoms with Crippen molar-refractivity contribution in [3.05, 3.63) is 29.6 Å². The van der Waals surface area contributed by atoms with E-state index in [1.807, 2.05) is 0 Å². The SMILES string of the molecule is CCC(=O)C(C)c1c(F)cccc1OC. The molecule has 0 bridgehead atoms. The van der Waals surface area contributed by atoms with Crippen LogP contribution in [-0.4, -0.2) is 12.9 Å². The number of ether oxygens (including phenoxy) is 1. The van der Waals surface area contributed by atoms with Crippen molar-refractivity contribution >= 4 is 5.78 Å². The number of ketones is 1. The lowest BCUT2D eigenvalue weighted by atomic mass is 9.94. The minimum atomic E-state index is -0.453. The number of halogens is 1. The first-order valence-electron chi connectivity index (χ1n) is 4.96. The quantitative estimate of drug-likeness (QED) is 0.763. The lowest BCUT2D eigenvalue weighted by molar-refractivity contribution is -0.119. The van der Waals surface area contributed by atoms with E-state index < -0.39 is 5.92 Å². The maximum Gasteiger partial charge on any atom is 0.140 e. The number of Topliss-reactive ketones (excluding diaryl/α,β-unsaturated/α-hetero) is 1. The van der Waals surface area contributed by atoms with E-state index in [9.17, 15) is 9.18 Å². The Labute approximate surface area is 89.1 Å². The monoisotopic (exact) mass is 210 g/mol. The molecule has 15 heavy (non-hydrogen) atoms. The number of hydrogen-bond acceptors (Lipinski definition) is 2. The van der Waals surface area contributed by atoms with Crippen LogP contribution >= 0.6 is 0 Å². The number of carbonyl (C=O) groups excluding carboxylic acids is 1. The number of rotatable bonds is 4. The highest BCUT2D eigenvalue weighted by molar-refractivity contribution is 5.85. The molecule has 82 valence electrons. The molecular weight excluding hydrogens is 195 g/mol. The molecule has 0 saturated carbocycles. The molecular formula is C12H15FO2. The van der Waals surface area contributed by atoms with E-state index >= 15 is 0 Å². The van der Waals surface area contributed by atoms with E-state index in [1.165, 1.54) is 13.2 Å². The van der Waals surface area contributed by atoms with E-state index in [1.54, 1.807) is 26.0 Å². The van der Waals surface area contributed by atoms with Crippen LogP contribution in [0.4, 0.5) is 4.39 Å². The molecule has 1 aromatic carbocycles. The summed E-state index contributed by atoms with van der Waals surface area (Å²) in [4.78, 5) is 11.5. The minimum absolute atomic E-state index is 0.0124. The van der Waals surface area contributed by atoms with Crippen LogP contribution in [0.2, 0.25) is 0 Å². The van der Waals surface area contributed by atoms with Crippen molar-refractivity contribution in [2.24, 2.45) is 0 Å². The van der Waals surface area contributed by atoms with Gasteiger partial charge in [-0.25, -0.2) is 4.39 Å². The summed E-state index contributed by atoms with van der Waals surface area (Å²) in [6.45, 7) is 3.47. The van der Waals surface area contributed by atoms with E-state index in [-0.39, 0.29) is 11.6 Å². The third kappa shape index (κ3) is 2.35. The molecule has 0 aliphatic rings. The first-order valence-corrected chi connectivity index (χ1v) is 4.96. The molecule has 1 aromatic rings. The average molecular weight is 210 g/mol. The Morgan fingerprint density at radius 2 is 2.20 bits per heavy atom. The van der Waals surface area contributed by atoms with Gasteiger partial charge in [0.15, 0.2) is 0 Å². The van der Waals surface area contributed by atoms with Crippen LogP contribution in [0.1, 0.15) is 31.7 Å². The molecule has 0 fully saturated rings. The summed E-state index contributed by atoms with van der Waals surface area (Å²) in [6.07, 6.45) is 0.401. The normalized spacial score (nSPS) is 12.3. The Balaban J connectivity index is 3.16. The number of benzene rings is 1. The van der Waals surface area contributed by atoms with E-state index in [0.29, 0.717) is 17.7 Å². The van der Waals surface area contributed by atoms with Gasteiger partial charge in [-0.05, 0) is 12.1 Å². The van der Waals surface area contributed by atoms with E-state index in [2.05, 4.69) is 0 Å². The Bertz CT molecular complexity index is 361.